The van der Waals surface area contributed by atoms with Crippen molar-refractivity contribution in [2.75, 3.05) is 18.0 Å². The number of anilines is 1. The van der Waals surface area contributed by atoms with Crippen molar-refractivity contribution in [2.24, 2.45) is 0 Å². The fourth-order valence-electron chi connectivity index (χ4n) is 3.01. The second-order valence-corrected chi connectivity index (χ2v) is 6.12. The lowest BCUT2D eigenvalue weighted by molar-refractivity contribution is 0.0940. The van der Waals surface area contributed by atoms with Crippen LogP contribution >= 0.6 is 0 Å². The average Bonchev–Trinajstić information content (AvgIpc) is 3.22. The molecular weight excluding hydrogens is 323 g/mol. The maximum absolute atomic E-state index is 13.0. The van der Waals surface area contributed by atoms with Crippen LogP contribution in [0.2, 0.25) is 0 Å². The molecule has 0 aliphatic carbocycles. The van der Waals surface area contributed by atoms with Crippen LogP contribution in [0.5, 0.6) is 0 Å². The van der Waals surface area contributed by atoms with Crippen molar-refractivity contribution >= 4 is 17.4 Å². The van der Waals surface area contributed by atoms with Gasteiger partial charge in [0.1, 0.15) is 11.6 Å². The Bertz CT molecular complexity index is 923. The first kappa shape index (κ1) is 15.5. The van der Waals surface area contributed by atoms with E-state index in [1.54, 1.807) is 4.52 Å². The van der Waals surface area contributed by atoms with Gasteiger partial charge in [-0.05, 0) is 49.7 Å². The molecule has 4 rings (SSSR count). The monoisotopic (exact) mass is 340 g/mol. The summed E-state index contributed by atoms with van der Waals surface area (Å²) in [5.41, 5.74) is 1.17. The summed E-state index contributed by atoms with van der Waals surface area (Å²) in [6.45, 7) is 3.33. The van der Waals surface area contributed by atoms with Crippen molar-refractivity contribution in [1.82, 2.24) is 25.1 Å². The smallest absolute Gasteiger partial charge is 0.251 e. The number of rotatable bonds is 3. The number of fused-ring (bicyclic) bond motifs is 1. The molecule has 1 fully saturated rings. The number of hydrogen-bond acceptors (Lipinski definition) is 5. The largest absolute Gasteiger partial charge is 0.353 e. The van der Waals surface area contributed by atoms with Gasteiger partial charge in [-0.1, -0.05) is 0 Å². The van der Waals surface area contributed by atoms with Crippen LogP contribution in [0.25, 0.3) is 5.65 Å². The SMILES string of the molecule is Cc1nnc2ccc(N3CCC(NC(=O)c4ccc(F)cc4)C3)nn12. The molecule has 0 radical (unpaired) electrons. The van der Waals surface area contributed by atoms with Crippen LogP contribution in [0.1, 0.15) is 22.6 Å². The first-order chi connectivity index (χ1) is 12.1. The van der Waals surface area contributed by atoms with Crippen molar-refractivity contribution in [3.63, 3.8) is 0 Å². The van der Waals surface area contributed by atoms with Crippen LogP contribution in [0, 0.1) is 12.7 Å². The molecule has 7 nitrogen and oxygen atoms in total. The summed E-state index contributed by atoms with van der Waals surface area (Å²) < 4.78 is 14.7. The van der Waals surface area contributed by atoms with Gasteiger partial charge in [-0.3, -0.25) is 4.79 Å². The van der Waals surface area contributed by atoms with Crippen LogP contribution in [-0.4, -0.2) is 44.8 Å². The van der Waals surface area contributed by atoms with E-state index in [2.05, 4.69) is 25.5 Å². The van der Waals surface area contributed by atoms with Gasteiger partial charge >= 0.3 is 0 Å². The highest BCUT2D eigenvalue weighted by Gasteiger charge is 2.25. The maximum Gasteiger partial charge on any atom is 0.251 e. The van der Waals surface area contributed by atoms with Crippen LogP contribution in [0.3, 0.4) is 0 Å². The van der Waals surface area contributed by atoms with Crippen molar-refractivity contribution in [2.45, 2.75) is 19.4 Å². The zero-order chi connectivity index (χ0) is 17.4. The number of carbonyl (C=O) groups excluding carboxylic acids is 1. The number of halogens is 1. The van der Waals surface area contributed by atoms with Gasteiger partial charge < -0.3 is 10.2 Å². The van der Waals surface area contributed by atoms with Crippen molar-refractivity contribution in [3.05, 3.63) is 53.6 Å². The molecule has 1 aliphatic rings. The molecule has 1 amide bonds. The molecule has 2 aromatic heterocycles. The van der Waals surface area contributed by atoms with Gasteiger partial charge in [-0.2, -0.15) is 4.52 Å². The highest BCUT2D eigenvalue weighted by atomic mass is 19.1. The number of aryl methyl sites for hydroxylation is 1. The number of carbonyl (C=O) groups is 1. The Morgan fingerprint density at radius 2 is 2.00 bits per heavy atom. The molecule has 0 bridgehead atoms. The Labute approximate surface area is 143 Å². The highest BCUT2D eigenvalue weighted by molar-refractivity contribution is 5.94. The van der Waals surface area contributed by atoms with E-state index >= 15 is 0 Å². The van der Waals surface area contributed by atoms with Gasteiger partial charge in [0.2, 0.25) is 0 Å². The summed E-state index contributed by atoms with van der Waals surface area (Å²) in [4.78, 5) is 14.4. The molecular formula is C17H17FN6O. The van der Waals surface area contributed by atoms with Crippen LogP contribution in [0.15, 0.2) is 36.4 Å². The van der Waals surface area contributed by atoms with E-state index in [-0.39, 0.29) is 17.8 Å². The Hall–Kier alpha value is -3.03. The summed E-state index contributed by atoms with van der Waals surface area (Å²) in [7, 11) is 0. The van der Waals surface area contributed by atoms with Gasteiger partial charge in [0.25, 0.3) is 5.91 Å². The van der Waals surface area contributed by atoms with Crippen LogP contribution < -0.4 is 10.2 Å². The lowest BCUT2D eigenvalue weighted by Gasteiger charge is -2.18. The molecule has 8 heteroatoms. The van der Waals surface area contributed by atoms with E-state index in [0.717, 1.165) is 24.6 Å². The third kappa shape index (κ3) is 3.02. The lowest BCUT2D eigenvalue weighted by Crippen LogP contribution is -2.37. The Morgan fingerprint density at radius 3 is 2.80 bits per heavy atom. The summed E-state index contributed by atoms with van der Waals surface area (Å²) >= 11 is 0. The lowest BCUT2D eigenvalue weighted by atomic mass is 10.2. The molecule has 1 aliphatic heterocycles. The third-order valence-corrected chi connectivity index (χ3v) is 4.36. The first-order valence-corrected chi connectivity index (χ1v) is 8.10. The van der Waals surface area contributed by atoms with Gasteiger partial charge in [0.15, 0.2) is 11.5 Å². The normalized spacial score (nSPS) is 17.2. The molecule has 1 unspecified atom stereocenters. The van der Waals surface area contributed by atoms with E-state index in [4.69, 9.17) is 0 Å². The molecule has 1 aromatic carbocycles. The van der Waals surface area contributed by atoms with Gasteiger partial charge in [0, 0.05) is 24.7 Å². The molecule has 0 spiro atoms. The second-order valence-electron chi connectivity index (χ2n) is 6.12. The predicted molar refractivity (Wildman–Crippen MR) is 90.0 cm³/mol. The summed E-state index contributed by atoms with van der Waals surface area (Å²) in [6.07, 6.45) is 0.827. The van der Waals surface area contributed by atoms with E-state index < -0.39 is 0 Å². The molecule has 128 valence electrons. The van der Waals surface area contributed by atoms with Gasteiger partial charge in [-0.25, -0.2) is 4.39 Å². The predicted octanol–water partition coefficient (Wildman–Crippen LogP) is 1.58. The Balaban J connectivity index is 1.44. The van der Waals surface area contributed by atoms with E-state index in [1.807, 2.05) is 19.1 Å². The van der Waals surface area contributed by atoms with E-state index in [0.29, 0.717) is 17.8 Å². The number of hydrogen-bond donors (Lipinski definition) is 1. The molecule has 3 heterocycles. The maximum atomic E-state index is 13.0. The summed E-state index contributed by atoms with van der Waals surface area (Å²) in [5, 5.41) is 15.6. The zero-order valence-corrected chi connectivity index (χ0v) is 13.7. The number of nitrogens with zero attached hydrogens (tertiary/aromatic N) is 5. The van der Waals surface area contributed by atoms with E-state index in [1.165, 1.54) is 24.3 Å². The fourth-order valence-corrected chi connectivity index (χ4v) is 3.01. The van der Waals surface area contributed by atoms with Crippen LogP contribution in [-0.2, 0) is 0 Å². The second kappa shape index (κ2) is 6.12. The number of amides is 1. The molecule has 1 atom stereocenters. The topological polar surface area (TPSA) is 75.4 Å². The molecule has 3 aromatic rings. The minimum Gasteiger partial charge on any atom is -0.353 e. The zero-order valence-electron chi connectivity index (χ0n) is 13.7. The standard InChI is InChI=1S/C17H17FN6O/c1-11-20-21-15-6-7-16(22-24(11)15)23-9-8-14(10-23)19-17(25)12-2-4-13(18)5-3-12/h2-7,14H,8-10H2,1H3,(H,19,25). The number of aromatic nitrogens is 4. The Kier molecular flexibility index (Phi) is 3.79. The summed E-state index contributed by atoms with van der Waals surface area (Å²) in [5.74, 6) is 1.02. The highest BCUT2D eigenvalue weighted by Crippen LogP contribution is 2.19. The van der Waals surface area contributed by atoms with Gasteiger partial charge in [0.05, 0.1) is 0 Å². The first-order valence-electron chi connectivity index (χ1n) is 8.10. The third-order valence-electron chi connectivity index (χ3n) is 4.36. The molecule has 1 saturated heterocycles. The molecule has 1 N–H and O–H groups in total. The average molecular weight is 340 g/mol. The fraction of sp³-hybridized carbons (Fsp3) is 0.294. The molecule has 0 saturated carbocycles. The minimum atomic E-state index is -0.352. The number of benzene rings is 1. The summed E-state index contributed by atoms with van der Waals surface area (Å²) in [6, 6.07) is 9.37. The minimum absolute atomic E-state index is 0.0251. The Morgan fingerprint density at radius 1 is 1.20 bits per heavy atom. The van der Waals surface area contributed by atoms with Crippen LogP contribution in [0.4, 0.5) is 10.2 Å². The number of nitrogens with one attached hydrogen (secondary N) is 1. The van der Waals surface area contributed by atoms with Crippen molar-refractivity contribution < 1.29 is 9.18 Å². The quantitative estimate of drug-likeness (QED) is 0.783. The van der Waals surface area contributed by atoms with Crippen molar-refractivity contribution in [3.8, 4) is 0 Å². The van der Waals surface area contributed by atoms with Gasteiger partial charge in [-0.15, -0.1) is 15.3 Å². The molecule has 25 heavy (non-hydrogen) atoms. The van der Waals surface area contributed by atoms with Crippen molar-refractivity contribution in [1.29, 1.82) is 0 Å². The van der Waals surface area contributed by atoms with E-state index in [9.17, 15) is 9.18 Å².